The van der Waals surface area contributed by atoms with Crippen LogP contribution in [0.5, 0.6) is 0 Å². The fourth-order valence-electron chi connectivity index (χ4n) is 3.98. The Balaban J connectivity index is 1.36. The molecule has 9 heteroatoms. The lowest BCUT2D eigenvalue weighted by atomic mass is 10.1. The number of amides is 1. The first-order valence-corrected chi connectivity index (χ1v) is 11.8. The molecule has 6 rings (SSSR count). The third-order valence-electron chi connectivity index (χ3n) is 5.50. The zero-order valence-corrected chi connectivity index (χ0v) is 18.3. The minimum Gasteiger partial charge on any atom is -0.448 e. The molecule has 1 atom stereocenters. The van der Waals surface area contributed by atoms with Crippen molar-refractivity contribution in [2.24, 2.45) is 5.10 Å². The molecular weight excluding hydrogens is 444 g/mol. The zero-order chi connectivity index (χ0) is 21.7. The molecule has 1 unspecified atom stereocenters. The molecule has 1 aromatic carbocycles. The molecule has 0 saturated heterocycles. The largest absolute Gasteiger partial charge is 0.448 e. The zero-order valence-electron chi connectivity index (χ0n) is 16.7. The summed E-state index contributed by atoms with van der Waals surface area (Å²) >= 11 is 3.19. The number of carbonyl (C=O) groups excluding carboxylic acids is 1. The van der Waals surface area contributed by atoms with Crippen LogP contribution in [0.1, 0.15) is 22.2 Å². The first kappa shape index (κ1) is 19.1. The van der Waals surface area contributed by atoms with Gasteiger partial charge in [0.25, 0.3) is 11.5 Å². The molecule has 5 aromatic rings. The topological polar surface area (TPSA) is 80.7 Å². The second-order valence-electron chi connectivity index (χ2n) is 7.45. The maximum atomic E-state index is 13.3. The molecule has 1 aliphatic heterocycles. The van der Waals surface area contributed by atoms with E-state index in [4.69, 9.17) is 4.42 Å². The molecule has 1 amide bonds. The van der Waals surface area contributed by atoms with Gasteiger partial charge in [-0.15, -0.1) is 22.7 Å². The smallest absolute Gasteiger partial charge is 0.297 e. The number of para-hydroxylation sites is 1. The summed E-state index contributed by atoms with van der Waals surface area (Å²) in [5, 5.41) is 10.9. The van der Waals surface area contributed by atoms with Crippen molar-refractivity contribution in [2.75, 3.05) is 0 Å². The second-order valence-corrected chi connectivity index (χ2v) is 9.38. The van der Waals surface area contributed by atoms with Crippen molar-refractivity contribution in [1.29, 1.82) is 0 Å². The number of hydrazone groups is 1. The van der Waals surface area contributed by atoms with Crippen molar-refractivity contribution in [3.05, 3.63) is 85.7 Å². The summed E-state index contributed by atoms with van der Waals surface area (Å²) in [5.74, 6) is -0.269. The normalized spacial score (nSPS) is 16.2. The second kappa shape index (κ2) is 7.54. The molecule has 158 valence electrons. The van der Waals surface area contributed by atoms with Gasteiger partial charge in [-0.2, -0.15) is 5.10 Å². The monoisotopic (exact) mass is 460 g/mol. The van der Waals surface area contributed by atoms with Gasteiger partial charge in [-0.1, -0.05) is 24.3 Å². The van der Waals surface area contributed by atoms with E-state index in [1.807, 2.05) is 53.2 Å². The van der Waals surface area contributed by atoms with E-state index in [1.54, 1.807) is 28.7 Å². The summed E-state index contributed by atoms with van der Waals surface area (Å²) in [6.07, 6.45) is 2.05. The van der Waals surface area contributed by atoms with E-state index >= 15 is 0 Å². The average Bonchev–Trinajstić information content (AvgIpc) is 3.60. The van der Waals surface area contributed by atoms with Gasteiger partial charge in [-0.25, -0.2) is 9.99 Å². The lowest BCUT2D eigenvalue weighted by Gasteiger charge is -2.20. The Bertz CT molecular complexity index is 1530. The van der Waals surface area contributed by atoms with Crippen molar-refractivity contribution in [1.82, 2.24) is 14.6 Å². The summed E-state index contributed by atoms with van der Waals surface area (Å²) < 4.78 is 7.02. The molecule has 1 aliphatic rings. The van der Waals surface area contributed by atoms with E-state index in [2.05, 4.69) is 10.1 Å². The molecule has 0 spiro atoms. The predicted molar refractivity (Wildman–Crippen MR) is 125 cm³/mol. The molecule has 4 aromatic heterocycles. The fourth-order valence-corrected chi connectivity index (χ4v) is 5.51. The molecular formula is C23H16N4O3S2. The molecule has 5 heterocycles. The number of benzene rings is 1. The minimum atomic E-state index is -0.381. The van der Waals surface area contributed by atoms with Crippen LogP contribution >= 0.6 is 22.7 Å². The van der Waals surface area contributed by atoms with Gasteiger partial charge in [0, 0.05) is 16.7 Å². The number of nitrogens with zero attached hydrogens (tertiary/aromatic N) is 4. The third kappa shape index (κ3) is 3.09. The van der Waals surface area contributed by atoms with Crippen LogP contribution in [0.3, 0.4) is 0 Å². The van der Waals surface area contributed by atoms with Crippen LogP contribution in [-0.4, -0.2) is 26.2 Å². The lowest BCUT2D eigenvalue weighted by molar-refractivity contribution is -0.133. The molecule has 0 saturated carbocycles. The van der Waals surface area contributed by atoms with Crippen molar-refractivity contribution >= 4 is 56.4 Å². The predicted octanol–water partition coefficient (Wildman–Crippen LogP) is 4.64. The highest BCUT2D eigenvalue weighted by Crippen LogP contribution is 2.36. The number of hydrogen-bond acceptors (Lipinski definition) is 7. The Kier molecular flexibility index (Phi) is 4.51. The summed E-state index contributed by atoms with van der Waals surface area (Å²) in [6.45, 7) is -0.165. The van der Waals surface area contributed by atoms with E-state index in [0.717, 1.165) is 20.9 Å². The molecule has 7 nitrogen and oxygen atoms in total. The van der Waals surface area contributed by atoms with Crippen LogP contribution in [0.25, 0.3) is 22.1 Å². The Morgan fingerprint density at radius 3 is 2.75 bits per heavy atom. The fraction of sp³-hybridized carbons (Fsp3) is 0.130. The van der Waals surface area contributed by atoms with E-state index in [9.17, 15) is 9.59 Å². The maximum absolute atomic E-state index is 13.3. The molecule has 0 N–H and O–H groups in total. The Labute approximate surface area is 189 Å². The van der Waals surface area contributed by atoms with Gasteiger partial charge in [0.2, 0.25) is 5.58 Å². The standard InChI is InChI=1S/C23H16N4O3S2/c28-20(12-26-13-24-21-14-5-1-2-6-17(14)30-22(21)23(26)29)27-16(19-8-4-10-32-19)11-15(25-27)18-7-3-9-31-18/h1-10,13,16H,11-12H2. The Morgan fingerprint density at radius 2 is 1.94 bits per heavy atom. The first-order valence-electron chi connectivity index (χ1n) is 10.0. The van der Waals surface area contributed by atoms with Gasteiger partial charge < -0.3 is 4.42 Å². The van der Waals surface area contributed by atoms with Gasteiger partial charge in [0.05, 0.1) is 23.0 Å². The number of carbonyl (C=O) groups is 1. The number of thiophene rings is 2. The summed E-state index contributed by atoms with van der Waals surface area (Å²) in [4.78, 5) is 32.8. The highest BCUT2D eigenvalue weighted by Gasteiger charge is 2.34. The summed E-state index contributed by atoms with van der Waals surface area (Å²) in [6, 6.07) is 15.1. The Morgan fingerprint density at radius 1 is 1.09 bits per heavy atom. The van der Waals surface area contributed by atoms with Gasteiger partial charge >= 0.3 is 0 Å². The van der Waals surface area contributed by atoms with Gasteiger partial charge in [-0.3, -0.25) is 14.2 Å². The minimum absolute atomic E-state index is 0.153. The van der Waals surface area contributed by atoms with E-state index in [0.29, 0.717) is 17.5 Å². The summed E-state index contributed by atoms with van der Waals surface area (Å²) in [7, 11) is 0. The molecule has 0 radical (unpaired) electrons. The van der Waals surface area contributed by atoms with Crippen LogP contribution in [0.2, 0.25) is 0 Å². The van der Waals surface area contributed by atoms with E-state index < -0.39 is 0 Å². The van der Waals surface area contributed by atoms with Crippen LogP contribution < -0.4 is 5.56 Å². The number of furan rings is 1. The van der Waals surface area contributed by atoms with Gasteiger partial charge in [0.15, 0.2) is 0 Å². The van der Waals surface area contributed by atoms with E-state index in [1.165, 1.54) is 15.9 Å². The first-order chi connectivity index (χ1) is 15.7. The number of hydrogen-bond donors (Lipinski definition) is 0. The average molecular weight is 461 g/mol. The molecule has 32 heavy (non-hydrogen) atoms. The van der Waals surface area contributed by atoms with Gasteiger partial charge in [-0.05, 0) is 35.0 Å². The number of aromatic nitrogens is 2. The number of fused-ring (bicyclic) bond motifs is 3. The molecule has 0 fully saturated rings. The van der Waals surface area contributed by atoms with Crippen molar-refractivity contribution < 1.29 is 9.21 Å². The van der Waals surface area contributed by atoms with Gasteiger partial charge in [0.1, 0.15) is 17.6 Å². The lowest BCUT2D eigenvalue weighted by Crippen LogP contribution is -2.33. The van der Waals surface area contributed by atoms with E-state index in [-0.39, 0.29) is 29.6 Å². The SMILES string of the molecule is O=C(Cn1cnc2c(oc3ccccc32)c1=O)N1N=C(c2cccs2)CC1c1cccs1. The molecule has 0 aliphatic carbocycles. The van der Waals surface area contributed by atoms with Crippen LogP contribution in [0.4, 0.5) is 0 Å². The quantitative estimate of drug-likeness (QED) is 0.391. The van der Waals surface area contributed by atoms with Crippen molar-refractivity contribution in [3.63, 3.8) is 0 Å². The summed E-state index contributed by atoms with van der Waals surface area (Å²) in [5.41, 5.74) is 1.75. The number of rotatable bonds is 4. The maximum Gasteiger partial charge on any atom is 0.297 e. The van der Waals surface area contributed by atoms with Crippen LogP contribution in [0.15, 0.2) is 79.9 Å². The van der Waals surface area contributed by atoms with Crippen LogP contribution in [0, 0.1) is 0 Å². The molecule has 0 bridgehead atoms. The van der Waals surface area contributed by atoms with Crippen LogP contribution in [-0.2, 0) is 11.3 Å². The van der Waals surface area contributed by atoms with Crippen molar-refractivity contribution in [3.8, 4) is 0 Å². The Hall–Kier alpha value is -3.56. The highest BCUT2D eigenvalue weighted by molar-refractivity contribution is 7.12. The highest BCUT2D eigenvalue weighted by atomic mass is 32.1. The van der Waals surface area contributed by atoms with Crippen molar-refractivity contribution in [2.45, 2.75) is 19.0 Å². The third-order valence-corrected chi connectivity index (χ3v) is 7.39.